The lowest BCUT2D eigenvalue weighted by Crippen LogP contribution is -2.08. The summed E-state index contributed by atoms with van der Waals surface area (Å²) < 4.78 is 48.0. The average Bonchev–Trinajstić information content (AvgIpc) is 3.57. The highest BCUT2D eigenvalue weighted by atomic mass is 19.4. The molecule has 0 amide bonds. The van der Waals surface area contributed by atoms with Gasteiger partial charge in [0.05, 0.1) is 30.2 Å². The van der Waals surface area contributed by atoms with Crippen LogP contribution in [0.25, 0.3) is 28.0 Å². The summed E-state index contributed by atoms with van der Waals surface area (Å²) in [5.74, 6) is 1.06. The Kier molecular flexibility index (Phi) is 5.43. The molecule has 1 aromatic carbocycles. The molecule has 0 radical (unpaired) electrons. The highest BCUT2D eigenvalue weighted by Crippen LogP contribution is 2.44. The largest absolute Gasteiger partial charge is 0.479 e. The minimum atomic E-state index is -4.49. The number of rotatable bonds is 6. The third-order valence-electron chi connectivity index (χ3n) is 6.50. The summed E-state index contributed by atoms with van der Waals surface area (Å²) in [5, 5.41) is 5.87. The molecule has 0 saturated heterocycles. The molecule has 0 N–H and O–H groups in total. The maximum Gasteiger partial charge on any atom is 0.434 e. The van der Waals surface area contributed by atoms with Crippen LogP contribution in [0.1, 0.15) is 41.4 Å². The van der Waals surface area contributed by atoms with E-state index in [2.05, 4.69) is 19.9 Å². The van der Waals surface area contributed by atoms with E-state index in [4.69, 9.17) is 9.84 Å². The van der Waals surface area contributed by atoms with Crippen molar-refractivity contribution in [2.45, 2.75) is 31.4 Å². The Morgan fingerprint density at radius 3 is 2.54 bits per heavy atom. The fraction of sp³-hybridized carbons (Fsp3) is 0.269. The standard InChI is InChI=1S/C26H22F3N7O/c1-35-13-21(26(27,28)29)33-24(35)17-5-3-15(4-6-17)11-19-18-9-10-30-12-20(18)36(34-19)23-22(16-7-8-16)31-14-32-25(23)37-2/h3-6,9-10,12-14,16H,7-8,11H2,1-2H3. The van der Waals surface area contributed by atoms with Crippen molar-refractivity contribution >= 4 is 10.9 Å². The lowest BCUT2D eigenvalue weighted by Gasteiger charge is -2.12. The van der Waals surface area contributed by atoms with Crippen LogP contribution in [0.4, 0.5) is 13.2 Å². The van der Waals surface area contributed by atoms with Crippen LogP contribution in [-0.4, -0.2) is 41.4 Å². The first-order valence-electron chi connectivity index (χ1n) is 11.7. The molecule has 1 aliphatic carbocycles. The smallest absolute Gasteiger partial charge is 0.434 e. The van der Waals surface area contributed by atoms with Crippen LogP contribution in [-0.2, 0) is 19.6 Å². The van der Waals surface area contributed by atoms with E-state index in [0.29, 0.717) is 23.8 Å². The second kappa shape index (κ2) is 8.68. The summed E-state index contributed by atoms with van der Waals surface area (Å²) in [5.41, 5.74) is 3.92. The number of imidazole rings is 1. The van der Waals surface area contributed by atoms with Crippen molar-refractivity contribution in [1.29, 1.82) is 0 Å². The zero-order valence-electron chi connectivity index (χ0n) is 20.1. The molecule has 11 heteroatoms. The van der Waals surface area contributed by atoms with Gasteiger partial charge in [0.2, 0.25) is 5.88 Å². The zero-order chi connectivity index (χ0) is 25.7. The van der Waals surface area contributed by atoms with E-state index in [-0.39, 0.29) is 5.82 Å². The van der Waals surface area contributed by atoms with Crippen molar-refractivity contribution in [3.05, 3.63) is 77.9 Å². The molecule has 37 heavy (non-hydrogen) atoms. The number of alkyl halides is 3. The van der Waals surface area contributed by atoms with Gasteiger partial charge in [0.25, 0.3) is 0 Å². The Balaban J connectivity index is 1.37. The molecule has 188 valence electrons. The summed E-state index contributed by atoms with van der Waals surface area (Å²) in [4.78, 5) is 16.9. The van der Waals surface area contributed by atoms with E-state index in [1.807, 2.05) is 22.9 Å². The SMILES string of the molecule is COc1ncnc(C2CC2)c1-n1nc(Cc2ccc(-c3nc(C(F)(F)F)cn3C)cc2)c2ccncc21. The highest BCUT2D eigenvalue weighted by molar-refractivity contribution is 5.83. The van der Waals surface area contributed by atoms with Gasteiger partial charge >= 0.3 is 6.18 Å². The van der Waals surface area contributed by atoms with Gasteiger partial charge in [0.15, 0.2) is 5.69 Å². The fourth-order valence-corrected chi connectivity index (χ4v) is 4.54. The molecule has 1 aliphatic rings. The van der Waals surface area contributed by atoms with Gasteiger partial charge in [0, 0.05) is 42.7 Å². The van der Waals surface area contributed by atoms with Gasteiger partial charge in [0.1, 0.15) is 17.8 Å². The molecule has 8 nitrogen and oxygen atoms in total. The lowest BCUT2D eigenvalue weighted by molar-refractivity contribution is -0.140. The molecular weight excluding hydrogens is 483 g/mol. The number of aromatic nitrogens is 7. The molecule has 4 heterocycles. The van der Waals surface area contributed by atoms with E-state index in [1.54, 1.807) is 38.7 Å². The summed E-state index contributed by atoms with van der Waals surface area (Å²) in [6, 6.07) is 9.23. The summed E-state index contributed by atoms with van der Waals surface area (Å²) in [6.45, 7) is 0. The summed E-state index contributed by atoms with van der Waals surface area (Å²) >= 11 is 0. The number of aryl methyl sites for hydroxylation is 1. The number of ether oxygens (including phenoxy) is 1. The molecule has 0 spiro atoms. The first-order valence-corrected chi connectivity index (χ1v) is 11.7. The molecule has 0 unspecified atom stereocenters. The minimum Gasteiger partial charge on any atom is -0.479 e. The van der Waals surface area contributed by atoms with E-state index in [0.717, 1.165) is 52.6 Å². The predicted molar refractivity (Wildman–Crippen MR) is 129 cm³/mol. The number of fused-ring (bicyclic) bond motifs is 1. The normalized spacial score (nSPS) is 13.9. The molecule has 0 aliphatic heterocycles. The Bertz CT molecular complexity index is 1600. The zero-order valence-corrected chi connectivity index (χ0v) is 20.1. The molecular formula is C26H22F3N7O. The van der Waals surface area contributed by atoms with Gasteiger partial charge in [-0.25, -0.2) is 14.6 Å². The first kappa shape index (κ1) is 23.1. The van der Waals surface area contributed by atoms with Crippen LogP contribution < -0.4 is 4.74 Å². The number of hydrogen-bond donors (Lipinski definition) is 0. The monoisotopic (exact) mass is 505 g/mol. The van der Waals surface area contributed by atoms with Gasteiger partial charge in [-0.2, -0.15) is 23.3 Å². The Labute approximate surface area is 209 Å². The first-order chi connectivity index (χ1) is 17.8. The predicted octanol–water partition coefficient (Wildman–Crippen LogP) is 5.11. The van der Waals surface area contributed by atoms with E-state index < -0.39 is 11.9 Å². The third kappa shape index (κ3) is 4.20. The molecule has 0 atom stereocenters. The lowest BCUT2D eigenvalue weighted by atomic mass is 10.1. The molecule has 5 aromatic rings. The van der Waals surface area contributed by atoms with Crippen LogP contribution >= 0.6 is 0 Å². The van der Waals surface area contributed by atoms with Gasteiger partial charge in [-0.1, -0.05) is 24.3 Å². The second-order valence-electron chi connectivity index (χ2n) is 9.07. The number of methoxy groups -OCH3 is 1. The van der Waals surface area contributed by atoms with Crippen LogP contribution in [0.2, 0.25) is 0 Å². The molecule has 1 fully saturated rings. The fourth-order valence-electron chi connectivity index (χ4n) is 4.54. The molecule has 6 rings (SSSR count). The summed E-state index contributed by atoms with van der Waals surface area (Å²) in [6.07, 6.45) is 4.13. The Morgan fingerprint density at radius 2 is 1.86 bits per heavy atom. The number of hydrogen-bond acceptors (Lipinski definition) is 6. The molecule has 0 bridgehead atoms. The summed E-state index contributed by atoms with van der Waals surface area (Å²) in [7, 11) is 3.13. The second-order valence-corrected chi connectivity index (χ2v) is 9.07. The van der Waals surface area contributed by atoms with Crippen LogP contribution in [0.5, 0.6) is 5.88 Å². The Hall–Kier alpha value is -4.28. The van der Waals surface area contributed by atoms with Gasteiger partial charge in [-0.05, 0) is 24.5 Å². The number of halogens is 3. The van der Waals surface area contributed by atoms with Crippen molar-refractivity contribution < 1.29 is 17.9 Å². The van der Waals surface area contributed by atoms with Gasteiger partial charge in [-0.15, -0.1) is 0 Å². The van der Waals surface area contributed by atoms with Crippen molar-refractivity contribution in [1.82, 2.24) is 34.3 Å². The van der Waals surface area contributed by atoms with Crippen LogP contribution in [0.15, 0.2) is 55.2 Å². The van der Waals surface area contributed by atoms with Gasteiger partial charge < -0.3 is 9.30 Å². The Morgan fingerprint density at radius 1 is 1.08 bits per heavy atom. The number of benzene rings is 1. The highest BCUT2D eigenvalue weighted by Gasteiger charge is 2.35. The maximum atomic E-state index is 13.1. The molecule has 4 aromatic heterocycles. The van der Waals surface area contributed by atoms with Crippen molar-refractivity contribution in [2.75, 3.05) is 7.11 Å². The van der Waals surface area contributed by atoms with Crippen LogP contribution in [0.3, 0.4) is 0 Å². The van der Waals surface area contributed by atoms with E-state index in [9.17, 15) is 13.2 Å². The number of nitrogens with zero attached hydrogens (tertiary/aromatic N) is 7. The topological polar surface area (TPSA) is 83.5 Å². The van der Waals surface area contributed by atoms with Crippen molar-refractivity contribution in [3.8, 4) is 23.0 Å². The van der Waals surface area contributed by atoms with Gasteiger partial charge in [-0.3, -0.25) is 4.98 Å². The quantitative estimate of drug-likeness (QED) is 0.319. The van der Waals surface area contributed by atoms with E-state index in [1.165, 1.54) is 10.9 Å². The van der Waals surface area contributed by atoms with Crippen LogP contribution in [0, 0.1) is 0 Å². The minimum absolute atomic E-state index is 0.253. The molecule has 1 saturated carbocycles. The average molecular weight is 506 g/mol. The van der Waals surface area contributed by atoms with E-state index >= 15 is 0 Å². The third-order valence-corrected chi connectivity index (χ3v) is 6.50. The van der Waals surface area contributed by atoms with Crippen molar-refractivity contribution in [2.24, 2.45) is 7.05 Å². The maximum absolute atomic E-state index is 13.1. The van der Waals surface area contributed by atoms with Crippen molar-refractivity contribution in [3.63, 3.8) is 0 Å². The number of pyridine rings is 1.